The first-order valence-electron chi connectivity index (χ1n) is 8.38. The number of ether oxygens (including phenoxy) is 1. The number of halogens is 1. The van der Waals surface area contributed by atoms with Gasteiger partial charge in [-0.25, -0.2) is 0 Å². The van der Waals surface area contributed by atoms with Gasteiger partial charge in [0.05, 0.1) is 5.60 Å². The summed E-state index contributed by atoms with van der Waals surface area (Å²) in [7, 11) is 1.80. The lowest BCUT2D eigenvalue weighted by molar-refractivity contribution is -0.0504. The minimum atomic E-state index is -0.108. The van der Waals surface area contributed by atoms with Crippen LogP contribution in [0, 0.1) is 5.92 Å². The van der Waals surface area contributed by atoms with Gasteiger partial charge in [-0.1, -0.05) is 19.9 Å². The number of rotatable bonds is 3. The van der Waals surface area contributed by atoms with Crippen molar-refractivity contribution in [3.63, 3.8) is 0 Å². The van der Waals surface area contributed by atoms with Crippen molar-refractivity contribution < 1.29 is 9.84 Å². The molecule has 0 radical (unpaired) electrons. The molecule has 4 heteroatoms. The van der Waals surface area contributed by atoms with Crippen molar-refractivity contribution >= 4 is 12.4 Å². The second-order valence-corrected chi connectivity index (χ2v) is 8.00. The van der Waals surface area contributed by atoms with Gasteiger partial charge in [-0.15, -0.1) is 12.4 Å². The molecule has 0 saturated carbocycles. The maximum atomic E-state index is 9.90. The predicted molar refractivity (Wildman–Crippen MR) is 96.6 cm³/mol. The number of methoxy groups -OCH3 is 1. The maximum absolute atomic E-state index is 9.90. The number of phenolic OH excluding ortho intramolecular Hbond substituents is 1. The molecule has 1 N–H and O–H groups in total. The molecule has 3 nitrogen and oxygen atoms in total. The zero-order chi connectivity index (χ0) is 16.1. The zero-order valence-electron chi connectivity index (χ0n) is 14.9. The van der Waals surface area contributed by atoms with E-state index in [4.69, 9.17) is 4.74 Å². The fourth-order valence-corrected chi connectivity index (χ4v) is 4.45. The Morgan fingerprint density at radius 1 is 1.39 bits per heavy atom. The maximum Gasteiger partial charge on any atom is 0.115 e. The van der Waals surface area contributed by atoms with E-state index in [-0.39, 0.29) is 23.4 Å². The minimum absolute atomic E-state index is 0. The topological polar surface area (TPSA) is 32.7 Å². The van der Waals surface area contributed by atoms with E-state index < -0.39 is 0 Å². The second kappa shape index (κ2) is 6.27. The van der Waals surface area contributed by atoms with Crippen LogP contribution in [0.3, 0.4) is 0 Å². The minimum Gasteiger partial charge on any atom is -0.508 e. The molecule has 1 heterocycles. The molecule has 3 atom stereocenters. The van der Waals surface area contributed by atoms with Crippen LogP contribution in [0.2, 0.25) is 0 Å². The van der Waals surface area contributed by atoms with Gasteiger partial charge in [0.25, 0.3) is 0 Å². The van der Waals surface area contributed by atoms with Crippen LogP contribution in [0.5, 0.6) is 5.75 Å². The number of benzene rings is 1. The number of hydrogen-bond donors (Lipinski definition) is 1. The summed E-state index contributed by atoms with van der Waals surface area (Å²) in [5.74, 6) is 0.983. The van der Waals surface area contributed by atoms with Gasteiger partial charge in [-0.2, -0.15) is 0 Å². The van der Waals surface area contributed by atoms with Gasteiger partial charge in [-0.05, 0) is 67.8 Å². The first kappa shape index (κ1) is 18.6. The van der Waals surface area contributed by atoms with Gasteiger partial charge in [0.2, 0.25) is 0 Å². The second-order valence-electron chi connectivity index (χ2n) is 8.00. The summed E-state index contributed by atoms with van der Waals surface area (Å²) in [6, 6.07) is 6.51. The molecular weight excluding hydrogens is 310 g/mol. The first-order chi connectivity index (χ1) is 10.3. The van der Waals surface area contributed by atoms with E-state index in [9.17, 15) is 5.11 Å². The summed E-state index contributed by atoms with van der Waals surface area (Å²) in [4.78, 5) is 2.62. The average Bonchev–Trinajstić information content (AvgIpc) is 2.47. The molecule has 1 fully saturated rings. The summed E-state index contributed by atoms with van der Waals surface area (Å²) in [5.41, 5.74) is 2.83. The Labute approximate surface area is 146 Å². The Morgan fingerprint density at radius 2 is 2.09 bits per heavy atom. The van der Waals surface area contributed by atoms with Crippen LogP contribution in [0.25, 0.3) is 0 Å². The van der Waals surface area contributed by atoms with E-state index in [1.54, 1.807) is 7.11 Å². The fraction of sp³-hybridized carbons (Fsp3) is 0.684. The number of piperidine rings is 1. The molecule has 1 unspecified atom stereocenters. The van der Waals surface area contributed by atoms with E-state index in [2.05, 4.69) is 38.7 Å². The normalized spacial score (nSPS) is 30.5. The molecule has 1 saturated heterocycles. The lowest BCUT2D eigenvalue weighted by Crippen LogP contribution is -2.60. The molecule has 1 aliphatic heterocycles. The highest BCUT2D eigenvalue weighted by molar-refractivity contribution is 5.85. The summed E-state index contributed by atoms with van der Waals surface area (Å²) in [6.45, 7) is 11.2. The van der Waals surface area contributed by atoms with Crippen LogP contribution in [-0.2, 0) is 16.6 Å². The van der Waals surface area contributed by atoms with Crippen LogP contribution < -0.4 is 0 Å². The van der Waals surface area contributed by atoms with Gasteiger partial charge in [0.15, 0.2) is 0 Å². The number of aromatic hydroxyl groups is 1. The molecule has 130 valence electrons. The number of fused-ring (bicyclic) bond motifs is 4. The van der Waals surface area contributed by atoms with Crippen molar-refractivity contribution in [3.8, 4) is 5.75 Å². The lowest BCUT2D eigenvalue weighted by atomic mass is 9.59. The van der Waals surface area contributed by atoms with Crippen LogP contribution in [0.15, 0.2) is 18.2 Å². The third kappa shape index (κ3) is 3.11. The van der Waals surface area contributed by atoms with Crippen molar-refractivity contribution in [3.05, 3.63) is 29.3 Å². The summed E-state index contributed by atoms with van der Waals surface area (Å²) in [6.07, 6.45) is 2.22. The molecule has 2 bridgehead atoms. The molecule has 0 amide bonds. The van der Waals surface area contributed by atoms with Gasteiger partial charge in [-0.3, -0.25) is 4.90 Å². The number of phenols is 1. The highest BCUT2D eigenvalue weighted by Crippen LogP contribution is 2.49. The van der Waals surface area contributed by atoms with Crippen molar-refractivity contribution in [2.45, 2.75) is 57.6 Å². The molecule has 2 aliphatic rings. The van der Waals surface area contributed by atoms with E-state index in [1.807, 2.05) is 12.1 Å². The molecule has 1 aliphatic carbocycles. The van der Waals surface area contributed by atoms with Crippen LogP contribution in [-0.4, -0.2) is 41.8 Å². The van der Waals surface area contributed by atoms with Crippen molar-refractivity contribution in [1.29, 1.82) is 0 Å². The summed E-state index contributed by atoms with van der Waals surface area (Å²) >= 11 is 0. The average molecular weight is 340 g/mol. The predicted octanol–water partition coefficient (Wildman–Crippen LogP) is 3.76. The molecule has 0 aromatic heterocycles. The Kier molecular flexibility index (Phi) is 5.06. The number of hydrogen-bond acceptors (Lipinski definition) is 3. The number of likely N-dealkylation sites (tertiary alicyclic amines) is 1. The Morgan fingerprint density at radius 3 is 2.74 bits per heavy atom. The van der Waals surface area contributed by atoms with E-state index in [0.717, 1.165) is 25.9 Å². The largest absolute Gasteiger partial charge is 0.508 e. The van der Waals surface area contributed by atoms with Crippen LogP contribution >= 0.6 is 12.4 Å². The monoisotopic (exact) mass is 339 g/mol. The molecule has 1 aromatic carbocycles. The van der Waals surface area contributed by atoms with Crippen LogP contribution in [0.4, 0.5) is 0 Å². The van der Waals surface area contributed by atoms with Gasteiger partial charge in [0, 0.05) is 19.7 Å². The smallest absolute Gasteiger partial charge is 0.115 e. The Bertz CT molecular complexity index is 574. The SMILES string of the molecule is COC(C)(C)CN1CC[C@]2(C)c3cc(O)ccc3C[C@H]1C2C.Cl. The highest BCUT2D eigenvalue weighted by atomic mass is 35.5. The Hall–Kier alpha value is -0.770. The lowest BCUT2D eigenvalue weighted by Gasteiger charge is -2.55. The molecule has 3 rings (SSSR count). The summed E-state index contributed by atoms with van der Waals surface area (Å²) < 4.78 is 5.65. The van der Waals surface area contributed by atoms with E-state index in [0.29, 0.717) is 17.7 Å². The highest BCUT2D eigenvalue weighted by Gasteiger charge is 2.49. The molecule has 1 aromatic rings. The zero-order valence-corrected chi connectivity index (χ0v) is 15.7. The number of nitrogens with zero attached hydrogens (tertiary/aromatic N) is 1. The standard InChI is InChI=1S/C19H29NO2.ClH/c1-13-17-10-14-6-7-15(21)11-16(14)19(13,4)8-9-20(17)12-18(2,3)22-5;/h6-7,11,13,17,21H,8-10,12H2,1-5H3;1H/t13?,17-,19-;/m0./s1. The first-order valence-corrected chi connectivity index (χ1v) is 8.38. The third-order valence-electron chi connectivity index (χ3n) is 6.24. The van der Waals surface area contributed by atoms with Gasteiger partial charge >= 0.3 is 0 Å². The molecule has 23 heavy (non-hydrogen) atoms. The van der Waals surface area contributed by atoms with Crippen LogP contribution in [0.1, 0.15) is 45.2 Å². The molecular formula is C19H30ClNO2. The van der Waals surface area contributed by atoms with E-state index >= 15 is 0 Å². The van der Waals surface area contributed by atoms with Gasteiger partial charge in [0.1, 0.15) is 5.75 Å². The Balaban J connectivity index is 0.00000192. The van der Waals surface area contributed by atoms with Crippen molar-refractivity contribution in [2.75, 3.05) is 20.2 Å². The quantitative estimate of drug-likeness (QED) is 0.910. The van der Waals surface area contributed by atoms with Gasteiger partial charge < -0.3 is 9.84 Å². The molecule has 0 spiro atoms. The fourth-order valence-electron chi connectivity index (χ4n) is 4.45. The van der Waals surface area contributed by atoms with Crippen molar-refractivity contribution in [1.82, 2.24) is 4.90 Å². The summed E-state index contributed by atoms with van der Waals surface area (Å²) in [5, 5.41) is 9.90. The van der Waals surface area contributed by atoms with E-state index in [1.165, 1.54) is 11.1 Å². The van der Waals surface area contributed by atoms with Crippen molar-refractivity contribution in [2.24, 2.45) is 5.92 Å². The third-order valence-corrected chi connectivity index (χ3v) is 6.24.